The summed E-state index contributed by atoms with van der Waals surface area (Å²) < 4.78 is 43.2. The van der Waals surface area contributed by atoms with Crippen molar-refractivity contribution in [2.75, 3.05) is 11.5 Å². The molecule has 1 saturated heterocycles. The highest BCUT2D eigenvalue weighted by atomic mass is 32.2. The molecule has 1 fully saturated rings. The van der Waals surface area contributed by atoms with Crippen LogP contribution in [0.15, 0.2) is 46.9 Å². The van der Waals surface area contributed by atoms with Crippen molar-refractivity contribution >= 4 is 26.7 Å². The van der Waals surface area contributed by atoms with Crippen LogP contribution in [0.25, 0.3) is 11.0 Å². The molecule has 0 aliphatic carbocycles. The van der Waals surface area contributed by atoms with E-state index in [1.165, 1.54) is 12.1 Å². The summed E-state index contributed by atoms with van der Waals surface area (Å²) in [5.74, 6) is -0.500. The third-order valence-corrected chi connectivity index (χ3v) is 7.21. The molecule has 0 unspecified atom stereocenters. The molecule has 0 saturated carbocycles. The molecule has 0 radical (unpaired) electrons. The SMILES string of the molecule is Cc1ccc2c(C)c(C(=O)N(Cc3ccc(F)cc3)[C@H]3CCS(=O)(=O)C3)oc2c1. The number of halogens is 1. The quantitative estimate of drug-likeness (QED) is 0.646. The maximum atomic E-state index is 13.5. The summed E-state index contributed by atoms with van der Waals surface area (Å²) in [5.41, 5.74) is 3.12. The summed E-state index contributed by atoms with van der Waals surface area (Å²) in [4.78, 5) is 15.0. The monoisotopic (exact) mass is 415 g/mol. The number of hydrogen-bond donors (Lipinski definition) is 0. The number of nitrogens with zero attached hydrogens (tertiary/aromatic N) is 1. The summed E-state index contributed by atoms with van der Waals surface area (Å²) in [6.07, 6.45) is 0.383. The van der Waals surface area contributed by atoms with Crippen molar-refractivity contribution in [3.8, 4) is 0 Å². The lowest BCUT2D eigenvalue weighted by Gasteiger charge is -2.28. The summed E-state index contributed by atoms with van der Waals surface area (Å²) in [5, 5.41) is 0.861. The van der Waals surface area contributed by atoms with Gasteiger partial charge in [0.1, 0.15) is 11.4 Å². The minimum atomic E-state index is -3.18. The Bertz CT molecular complexity index is 1180. The van der Waals surface area contributed by atoms with Gasteiger partial charge in [0.05, 0.1) is 11.5 Å². The standard InChI is InChI=1S/C22H22FNO4S/c1-14-3-8-19-15(2)21(28-20(19)11-14)22(25)24(18-9-10-29(26,27)13-18)12-16-4-6-17(23)7-5-16/h3-8,11,18H,9-10,12-13H2,1-2H3/t18-/m0/s1. The molecule has 5 nitrogen and oxygen atoms in total. The van der Waals surface area contributed by atoms with Crippen LogP contribution in [0.2, 0.25) is 0 Å². The van der Waals surface area contributed by atoms with Crippen molar-refractivity contribution in [1.29, 1.82) is 0 Å². The Morgan fingerprint density at radius 2 is 1.90 bits per heavy atom. The normalized spacial score (nSPS) is 18.2. The lowest BCUT2D eigenvalue weighted by atomic mass is 10.1. The van der Waals surface area contributed by atoms with E-state index in [1.807, 2.05) is 32.0 Å². The summed E-state index contributed by atoms with van der Waals surface area (Å²) >= 11 is 0. The Labute approximate surface area is 169 Å². The van der Waals surface area contributed by atoms with Crippen LogP contribution in [0.1, 0.15) is 33.7 Å². The molecule has 0 bridgehead atoms. The number of furan rings is 1. The second kappa shape index (κ2) is 7.30. The van der Waals surface area contributed by atoms with Gasteiger partial charge in [-0.25, -0.2) is 12.8 Å². The van der Waals surface area contributed by atoms with Crippen molar-refractivity contribution < 1.29 is 22.0 Å². The lowest BCUT2D eigenvalue weighted by molar-refractivity contribution is 0.0649. The zero-order valence-electron chi connectivity index (χ0n) is 16.3. The predicted octanol–water partition coefficient (Wildman–Crippen LogP) is 4.02. The predicted molar refractivity (Wildman–Crippen MR) is 109 cm³/mol. The summed E-state index contributed by atoms with van der Waals surface area (Å²) in [7, 11) is -3.18. The highest BCUT2D eigenvalue weighted by Gasteiger charge is 2.36. The van der Waals surface area contributed by atoms with Gasteiger partial charge in [-0.1, -0.05) is 24.3 Å². The molecule has 152 valence electrons. The third-order valence-electron chi connectivity index (χ3n) is 5.46. The second-order valence-electron chi connectivity index (χ2n) is 7.67. The number of hydrogen-bond acceptors (Lipinski definition) is 4. The maximum Gasteiger partial charge on any atom is 0.290 e. The van der Waals surface area contributed by atoms with Crippen molar-refractivity contribution in [3.63, 3.8) is 0 Å². The van der Waals surface area contributed by atoms with Gasteiger partial charge in [0.2, 0.25) is 0 Å². The number of carbonyl (C=O) groups is 1. The van der Waals surface area contributed by atoms with Crippen LogP contribution in [0.5, 0.6) is 0 Å². The van der Waals surface area contributed by atoms with Gasteiger partial charge in [-0.2, -0.15) is 0 Å². The smallest absolute Gasteiger partial charge is 0.290 e. The summed E-state index contributed by atoms with van der Waals surface area (Å²) in [6, 6.07) is 11.2. The first kappa shape index (κ1) is 19.6. The van der Waals surface area contributed by atoms with Crippen LogP contribution in [0.4, 0.5) is 4.39 Å². The van der Waals surface area contributed by atoms with Crippen molar-refractivity contribution in [1.82, 2.24) is 4.90 Å². The van der Waals surface area contributed by atoms with Crippen LogP contribution in [-0.2, 0) is 16.4 Å². The number of carbonyl (C=O) groups excluding carboxylic acids is 1. The molecule has 0 N–H and O–H groups in total. The largest absolute Gasteiger partial charge is 0.451 e. The molecule has 2 aromatic carbocycles. The Morgan fingerprint density at radius 3 is 2.55 bits per heavy atom. The molecule has 1 aromatic heterocycles. The molecular formula is C22H22FNO4S. The topological polar surface area (TPSA) is 67.6 Å². The van der Waals surface area contributed by atoms with Gasteiger partial charge in [-0.3, -0.25) is 4.79 Å². The van der Waals surface area contributed by atoms with E-state index in [2.05, 4.69) is 0 Å². The molecule has 7 heteroatoms. The number of amides is 1. The molecule has 4 rings (SSSR count). The van der Waals surface area contributed by atoms with Crippen LogP contribution in [0.3, 0.4) is 0 Å². The van der Waals surface area contributed by atoms with Gasteiger partial charge in [0, 0.05) is 23.5 Å². The van der Waals surface area contributed by atoms with E-state index in [0.717, 1.165) is 22.1 Å². The molecule has 1 aliphatic rings. The van der Waals surface area contributed by atoms with Crippen molar-refractivity contribution in [2.45, 2.75) is 32.9 Å². The molecule has 1 atom stereocenters. The minimum absolute atomic E-state index is 0.0587. The highest BCUT2D eigenvalue weighted by molar-refractivity contribution is 7.91. The van der Waals surface area contributed by atoms with Gasteiger partial charge in [-0.15, -0.1) is 0 Å². The summed E-state index contributed by atoms with van der Waals surface area (Å²) in [6.45, 7) is 3.97. The first-order valence-electron chi connectivity index (χ1n) is 9.49. The fourth-order valence-electron chi connectivity index (χ4n) is 3.84. The zero-order chi connectivity index (χ0) is 20.8. The van der Waals surface area contributed by atoms with Gasteiger partial charge in [-0.05, 0) is 49.6 Å². The minimum Gasteiger partial charge on any atom is -0.451 e. The number of sulfone groups is 1. The Balaban J connectivity index is 1.73. The Hall–Kier alpha value is -2.67. The number of aryl methyl sites for hydroxylation is 2. The molecule has 1 amide bonds. The number of benzene rings is 2. The maximum absolute atomic E-state index is 13.5. The Kier molecular flexibility index (Phi) is 4.94. The van der Waals surface area contributed by atoms with E-state index in [9.17, 15) is 17.6 Å². The van der Waals surface area contributed by atoms with E-state index in [0.29, 0.717) is 12.0 Å². The van der Waals surface area contributed by atoms with Crippen LogP contribution >= 0.6 is 0 Å². The van der Waals surface area contributed by atoms with Crippen LogP contribution in [0, 0.1) is 19.7 Å². The van der Waals surface area contributed by atoms with Gasteiger partial charge >= 0.3 is 0 Å². The van der Waals surface area contributed by atoms with E-state index in [4.69, 9.17) is 4.42 Å². The molecular weight excluding hydrogens is 393 g/mol. The number of fused-ring (bicyclic) bond motifs is 1. The molecule has 1 aliphatic heterocycles. The van der Waals surface area contributed by atoms with E-state index < -0.39 is 15.9 Å². The average molecular weight is 415 g/mol. The van der Waals surface area contributed by atoms with Gasteiger partial charge in [0.25, 0.3) is 5.91 Å². The van der Waals surface area contributed by atoms with Gasteiger partial charge < -0.3 is 9.32 Å². The average Bonchev–Trinajstić information content (AvgIpc) is 3.19. The molecule has 29 heavy (non-hydrogen) atoms. The van der Waals surface area contributed by atoms with Crippen molar-refractivity contribution in [2.24, 2.45) is 0 Å². The van der Waals surface area contributed by atoms with Crippen LogP contribution in [-0.4, -0.2) is 36.8 Å². The van der Waals surface area contributed by atoms with Crippen LogP contribution < -0.4 is 0 Å². The Morgan fingerprint density at radius 1 is 1.17 bits per heavy atom. The van der Waals surface area contributed by atoms with E-state index in [1.54, 1.807) is 17.0 Å². The third kappa shape index (κ3) is 3.92. The first-order chi connectivity index (χ1) is 13.7. The van der Waals surface area contributed by atoms with Crippen molar-refractivity contribution in [3.05, 3.63) is 70.7 Å². The first-order valence-corrected chi connectivity index (χ1v) is 11.3. The lowest BCUT2D eigenvalue weighted by Crippen LogP contribution is -2.40. The fourth-order valence-corrected chi connectivity index (χ4v) is 5.57. The van der Waals surface area contributed by atoms with Gasteiger partial charge in [0.15, 0.2) is 15.6 Å². The molecule has 0 spiro atoms. The van der Waals surface area contributed by atoms with E-state index in [-0.39, 0.29) is 35.5 Å². The number of rotatable bonds is 4. The fraction of sp³-hybridized carbons (Fsp3) is 0.318. The molecule has 3 aromatic rings. The molecule has 2 heterocycles. The van der Waals surface area contributed by atoms with E-state index >= 15 is 0 Å². The highest BCUT2D eigenvalue weighted by Crippen LogP contribution is 2.29. The zero-order valence-corrected chi connectivity index (χ0v) is 17.1. The second-order valence-corrected chi connectivity index (χ2v) is 9.90.